The van der Waals surface area contributed by atoms with Gasteiger partial charge in [-0.2, -0.15) is 0 Å². The first-order valence-corrected chi connectivity index (χ1v) is 8.18. The Labute approximate surface area is 117 Å². The zero-order valence-corrected chi connectivity index (χ0v) is 11.9. The molecular formula is C13H17NO5S. The maximum Gasteiger partial charge on any atom is 0.335 e. The van der Waals surface area contributed by atoms with Crippen molar-refractivity contribution < 1.29 is 23.1 Å². The third-order valence-corrected chi connectivity index (χ3v) is 3.68. The molecule has 0 heterocycles. The molecule has 0 amide bonds. The van der Waals surface area contributed by atoms with E-state index < -0.39 is 16.0 Å². The van der Waals surface area contributed by atoms with Crippen LogP contribution in [0, 0.1) is 5.92 Å². The van der Waals surface area contributed by atoms with Gasteiger partial charge >= 0.3 is 5.97 Å². The molecule has 0 bridgehead atoms. The van der Waals surface area contributed by atoms with Crippen molar-refractivity contribution in [2.24, 2.45) is 5.92 Å². The average Bonchev–Trinajstić information content (AvgIpc) is 3.17. The Balaban J connectivity index is 2.16. The van der Waals surface area contributed by atoms with Gasteiger partial charge in [-0.05, 0) is 30.9 Å². The van der Waals surface area contributed by atoms with Crippen LogP contribution in [0.1, 0.15) is 28.8 Å². The molecule has 1 saturated carbocycles. The largest absolute Gasteiger partial charge is 0.493 e. The van der Waals surface area contributed by atoms with Crippen molar-refractivity contribution in [2.75, 3.05) is 12.9 Å². The fourth-order valence-corrected chi connectivity index (χ4v) is 2.09. The highest BCUT2D eigenvalue weighted by atomic mass is 32.2. The monoisotopic (exact) mass is 299 g/mol. The Kier molecular flexibility index (Phi) is 4.29. The summed E-state index contributed by atoms with van der Waals surface area (Å²) < 4.78 is 30.2. The summed E-state index contributed by atoms with van der Waals surface area (Å²) in [5, 5.41) is 8.98. The minimum Gasteiger partial charge on any atom is -0.493 e. The number of ether oxygens (including phenoxy) is 1. The van der Waals surface area contributed by atoms with Crippen LogP contribution in [0.2, 0.25) is 0 Å². The van der Waals surface area contributed by atoms with Gasteiger partial charge in [0.2, 0.25) is 10.0 Å². The zero-order valence-electron chi connectivity index (χ0n) is 11.1. The number of benzene rings is 1. The first-order chi connectivity index (χ1) is 9.35. The number of carbonyl (C=O) groups is 1. The van der Waals surface area contributed by atoms with Crippen LogP contribution in [0.4, 0.5) is 0 Å². The number of aromatic carboxylic acids is 1. The van der Waals surface area contributed by atoms with Crippen molar-refractivity contribution in [3.8, 4) is 5.75 Å². The van der Waals surface area contributed by atoms with E-state index in [0.29, 0.717) is 23.8 Å². The van der Waals surface area contributed by atoms with E-state index in [-0.39, 0.29) is 12.1 Å². The lowest BCUT2D eigenvalue weighted by molar-refractivity contribution is 0.0696. The summed E-state index contributed by atoms with van der Waals surface area (Å²) in [5.41, 5.74) is 0.750. The topological polar surface area (TPSA) is 92.7 Å². The Morgan fingerprint density at radius 1 is 1.45 bits per heavy atom. The smallest absolute Gasteiger partial charge is 0.335 e. The molecule has 0 unspecified atom stereocenters. The molecule has 2 N–H and O–H groups in total. The Hall–Kier alpha value is -1.60. The standard InChI is InChI=1S/C13H17NO5S/c1-20(17,18)14-7-11-5-4-10(13(15)16)6-12(11)19-8-9-2-3-9/h4-6,9,14H,2-3,7-8H2,1H3,(H,15,16). The second-order valence-electron chi connectivity index (χ2n) is 4.98. The molecule has 0 atom stereocenters. The molecule has 1 aromatic carbocycles. The highest BCUT2D eigenvalue weighted by Gasteiger charge is 2.22. The lowest BCUT2D eigenvalue weighted by Gasteiger charge is -2.12. The maximum absolute atomic E-state index is 11.1. The van der Waals surface area contributed by atoms with Crippen molar-refractivity contribution in [2.45, 2.75) is 19.4 Å². The van der Waals surface area contributed by atoms with Crippen molar-refractivity contribution in [1.29, 1.82) is 0 Å². The third-order valence-electron chi connectivity index (χ3n) is 3.01. The molecule has 1 fully saturated rings. The zero-order chi connectivity index (χ0) is 14.8. The van der Waals surface area contributed by atoms with Gasteiger partial charge in [0.15, 0.2) is 0 Å². The molecular weight excluding hydrogens is 282 g/mol. The second-order valence-corrected chi connectivity index (χ2v) is 6.81. The van der Waals surface area contributed by atoms with Gasteiger partial charge in [-0.3, -0.25) is 0 Å². The van der Waals surface area contributed by atoms with Crippen molar-refractivity contribution >= 4 is 16.0 Å². The van der Waals surface area contributed by atoms with E-state index >= 15 is 0 Å². The number of sulfonamides is 1. The highest BCUT2D eigenvalue weighted by molar-refractivity contribution is 7.88. The van der Waals surface area contributed by atoms with Crippen LogP contribution in [0.3, 0.4) is 0 Å². The van der Waals surface area contributed by atoms with Crippen LogP contribution in [-0.2, 0) is 16.6 Å². The molecule has 0 radical (unpaired) electrons. The van der Waals surface area contributed by atoms with Crippen LogP contribution in [0.15, 0.2) is 18.2 Å². The van der Waals surface area contributed by atoms with Gasteiger partial charge in [-0.25, -0.2) is 17.9 Å². The van der Waals surface area contributed by atoms with Crippen molar-refractivity contribution in [3.05, 3.63) is 29.3 Å². The number of hydrogen-bond donors (Lipinski definition) is 2. The minimum atomic E-state index is -3.31. The molecule has 2 rings (SSSR count). The molecule has 20 heavy (non-hydrogen) atoms. The van der Waals surface area contributed by atoms with E-state index in [1.807, 2.05) is 0 Å². The van der Waals surface area contributed by atoms with Gasteiger partial charge in [0.1, 0.15) is 5.75 Å². The van der Waals surface area contributed by atoms with Gasteiger partial charge in [0, 0.05) is 12.1 Å². The third kappa shape index (κ3) is 4.50. The van der Waals surface area contributed by atoms with Crippen LogP contribution >= 0.6 is 0 Å². The lowest BCUT2D eigenvalue weighted by atomic mass is 10.1. The molecule has 0 aliphatic heterocycles. The predicted octanol–water partition coefficient (Wildman–Crippen LogP) is 1.22. The first-order valence-electron chi connectivity index (χ1n) is 6.29. The molecule has 6 nitrogen and oxygen atoms in total. The van der Waals surface area contributed by atoms with Gasteiger partial charge < -0.3 is 9.84 Å². The summed E-state index contributed by atoms with van der Waals surface area (Å²) in [4.78, 5) is 11.0. The SMILES string of the molecule is CS(=O)(=O)NCc1ccc(C(=O)O)cc1OCC1CC1. The first kappa shape index (κ1) is 14.8. The van der Waals surface area contributed by atoms with Crippen molar-refractivity contribution in [1.82, 2.24) is 4.72 Å². The molecule has 1 aromatic rings. The fourth-order valence-electron chi connectivity index (χ4n) is 1.67. The molecule has 1 aliphatic carbocycles. The van der Waals surface area contributed by atoms with E-state index in [1.165, 1.54) is 12.1 Å². The van der Waals surface area contributed by atoms with Gasteiger partial charge in [-0.1, -0.05) is 6.07 Å². The summed E-state index contributed by atoms with van der Waals surface area (Å²) >= 11 is 0. The fraction of sp³-hybridized carbons (Fsp3) is 0.462. The Morgan fingerprint density at radius 2 is 2.15 bits per heavy atom. The summed E-state index contributed by atoms with van der Waals surface area (Å²) in [6.07, 6.45) is 3.31. The lowest BCUT2D eigenvalue weighted by Crippen LogP contribution is -2.21. The van der Waals surface area contributed by atoms with E-state index in [9.17, 15) is 13.2 Å². The maximum atomic E-state index is 11.1. The Morgan fingerprint density at radius 3 is 2.70 bits per heavy atom. The van der Waals surface area contributed by atoms with E-state index in [4.69, 9.17) is 9.84 Å². The highest BCUT2D eigenvalue weighted by Crippen LogP contribution is 2.30. The number of hydrogen-bond acceptors (Lipinski definition) is 4. The number of carboxylic acids is 1. The van der Waals surface area contributed by atoms with Crippen molar-refractivity contribution in [3.63, 3.8) is 0 Å². The quantitative estimate of drug-likeness (QED) is 0.789. The second kappa shape index (κ2) is 5.80. The van der Waals surface area contributed by atoms with E-state index in [2.05, 4.69) is 4.72 Å². The average molecular weight is 299 g/mol. The van der Waals surface area contributed by atoms with Gasteiger partial charge in [0.05, 0.1) is 18.4 Å². The molecule has 0 saturated heterocycles. The molecule has 7 heteroatoms. The van der Waals surface area contributed by atoms with Gasteiger partial charge in [0.25, 0.3) is 0 Å². The molecule has 1 aliphatic rings. The van der Waals surface area contributed by atoms with Gasteiger partial charge in [-0.15, -0.1) is 0 Å². The molecule has 0 spiro atoms. The predicted molar refractivity (Wildman–Crippen MR) is 73.3 cm³/mol. The number of rotatable bonds is 7. The van der Waals surface area contributed by atoms with E-state index in [0.717, 1.165) is 19.1 Å². The summed E-state index contributed by atoms with van der Waals surface area (Å²) in [6.45, 7) is 0.619. The number of carboxylic acid groups (broad SMARTS) is 1. The van der Waals surface area contributed by atoms with Crippen LogP contribution < -0.4 is 9.46 Å². The minimum absolute atomic E-state index is 0.0821. The van der Waals surface area contributed by atoms with E-state index in [1.54, 1.807) is 6.07 Å². The summed E-state index contributed by atoms with van der Waals surface area (Å²) in [7, 11) is -3.31. The normalized spacial score (nSPS) is 15.1. The van der Waals surface area contributed by atoms with Crippen LogP contribution in [0.5, 0.6) is 5.75 Å². The molecule has 0 aromatic heterocycles. The summed E-state index contributed by atoms with van der Waals surface area (Å²) in [6, 6.07) is 4.44. The molecule has 110 valence electrons. The number of nitrogens with one attached hydrogen (secondary N) is 1. The van der Waals surface area contributed by atoms with Crippen LogP contribution in [0.25, 0.3) is 0 Å². The summed E-state index contributed by atoms with van der Waals surface area (Å²) in [5.74, 6) is -0.0870. The van der Waals surface area contributed by atoms with Crippen LogP contribution in [-0.4, -0.2) is 32.4 Å². The Bertz CT molecular complexity index is 607.